The maximum Gasteiger partial charge on any atom is 0.270 e. The van der Waals surface area contributed by atoms with Crippen LogP contribution in [0.2, 0.25) is 0 Å². The Morgan fingerprint density at radius 3 is 2.70 bits per heavy atom. The molecular formula is C19H17N5O3. The van der Waals surface area contributed by atoms with Gasteiger partial charge in [0, 0.05) is 23.7 Å². The van der Waals surface area contributed by atoms with Crippen LogP contribution in [0.15, 0.2) is 60.9 Å². The topological polar surface area (TPSA) is 94.2 Å². The number of non-ortho nitro benzene ring substituents is 1. The van der Waals surface area contributed by atoms with Gasteiger partial charge < -0.3 is 0 Å². The summed E-state index contributed by atoms with van der Waals surface area (Å²) in [6.07, 6.45) is 2.10. The molecule has 0 unspecified atom stereocenters. The minimum Gasteiger partial charge on any atom is -0.274 e. The second kappa shape index (κ2) is 6.64. The molecule has 8 heteroatoms. The highest BCUT2D eigenvalue weighted by Crippen LogP contribution is 2.35. The number of nitrogens with zero attached hydrogens (tertiary/aromatic N) is 5. The van der Waals surface area contributed by atoms with E-state index in [0.29, 0.717) is 12.4 Å². The van der Waals surface area contributed by atoms with E-state index in [1.165, 1.54) is 24.5 Å². The number of anilines is 1. The first kappa shape index (κ1) is 16.9. The zero-order valence-corrected chi connectivity index (χ0v) is 14.6. The normalized spacial score (nSPS) is 18.8. The molecule has 0 bridgehead atoms. The van der Waals surface area contributed by atoms with Crippen LogP contribution in [0.1, 0.15) is 35.3 Å². The lowest BCUT2D eigenvalue weighted by atomic mass is 9.97. The third-order valence-corrected chi connectivity index (χ3v) is 4.78. The second-order valence-corrected chi connectivity index (χ2v) is 6.50. The van der Waals surface area contributed by atoms with Gasteiger partial charge in [-0.05, 0) is 25.0 Å². The Hall–Kier alpha value is -3.55. The van der Waals surface area contributed by atoms with Crippen molar-refractivity contribution in [1.29, 1.82) is 0 Å². The molecule has 2 atom stereocenters. The molecule has 3 aromatic rings. The van der Waals surface area contributed by atoms with Crippen LogP contribution >= 0.6 is 0 Å². The molecule has 1 aliphatic heterocycles. The van der Waals surface area contributed by atoms with Crippen LogP contribution < -0.4 is 4.90 Å². The molecule has 0 radical (unpaired) electrons. The standard InChI is InChI=1S/C19H17N5O3/c1-13-10-17(14-6-3-2-4-7-14)23-19(20-12-21-23)22(13)18(25)15-8-5-9-16(11-15)24(26)27/h2-9,11-13,17H,10H2,1H3/t13-,17+/m1/s1. The molecule has 1 amide bonds. The average molecular weight is 363 g/mol. The minimum atomic E-state index is -0.510. The van der Waals surface area contributed by atoms with E-state index in [4.69, 9.17) is 0 Å². The molecule has 2 heterocycles. The molecule has 0 saturated heterocycles. The Bertz CT molecular complexity index is 1000. The molecule has 0 spiro atoms. The average Bonchev–Trinajstić information content (AvgIpc) is 3.17. The fourth-order valence-corrected chi connectivity index (χ4v) is 3.50. The summed E-state index contributed by atoms with van der Waals surface area (Å²) < 4.78 is 1.74. The van der Waals surface area contributed by atoms with E-state index in [-0.39, 0.29) is 29.2 Å². The number of fused-ring (bicyclic) bond motifs is 1. The minimum absolute atomic E-state index is 0.0205. The predicted octanol–water partition coefficient (Wildman–Crippen LogP) is 3.21. The van der Waals surface area contributed by atoms with E-state index in [1.807, 2.05) is 37.3 Å². The van der Waals surface area contributed by atoms with Crippen molar-refractivity contribution in [1.82, 2.24) is 14.8 Å². The summed E-state index contributed by atoms with van der Waals surface area (Å²) in [7, 11) is 0. The van der Waals surface area contributed by atoms with Crippen molar-refractivity contribution < 1.29 is 9.72 Å². The predicted molar refractivity (Wildman–Crippen MR) is 98.6 cm³/mol. The largest absolute Gasteiger partial charge is 0.274 e. The number of nitro groups is 1. The summed E-state index contributed by atoms with van der Waals surface area (Å²) in [6.45, 7) is 1.95. The maximum atomic E-state index is 13.1. The fraction of sp³-hybridized carbons (Fsp3) is 0.211. The van der Waals surface area contributed by atoms with Crippen molar-refractivity contribution >= 4 is 17.5 Å². The van der Waals surface area contributed by atoms with Crippen LogP contribution in [0, 0.1) is 10.1 Å². The lowest BCUT2D eigenvalue weighted by Gasteiger charge is -2.37. The quantitative estimate of drug-likeness (QED) is 0.526. The monoisotopic (exact) mass is 363 g/mol. The third-order valence-electron chi connectivity index (χ3n) is 4.78. The van der Waals surface area contributed by atoms with Gasteiger partial charge in [0.05, 0.1) is 11.0 Å². The van der Waals surface area contributed by atoms with Crippen molar-refractivity contribution in [3.05, 3.63) is 82.2 Å². The SMILES string of the molecule is C[C@@H]1C[C@@H](c2ccccc2)n2ncnc2N1C(=O)c1cccc([N+](=O)[O-])c1. The number of hydrogen-bond donors (Lipinski definition) is 0. The second-order valence-electron chi connectivity index (χ2n) is 6.50. The van der Waals surface area contributed by atoms with Gasteiger partial charge in [0.1, 0.15) is 6.33 Å². The Morgan fingerprint density at radius 1 is 1.19 bits per heavy atom. The lowest BCUT2D eigenvalue weighted by Crippen LogP contribution is -2.46. The number of aromatic nitrogens is 3. The Balaban J connectivity index is 1.73. The third kappa shape index (κ3) is 2.95. The van der Waals surface area contributed by atoms with Crippen LogP contribution in [0.3, 0.4) is 0 Å². The molecule has 1 aromatic heterocycles. The molecule has 0 saturated carbocycles. The molecule has 8 nitrogen and oxygen atoms in total. The van der Waals surface area contributed by atoms with Gasteiger partial charge in [-0.3, -0.25) is 19.8 Å². The molecule has 2 aromatic carbocycles. The van der Waals surface area contributed by atoms with Gasteiger partial charge in [0.2, 0.25) is 5.95 Å². The number of carbonyl (C=O) groups excluding carboxylic acids is 1. The van der Waals surface area contributed by atoms with E-state index in [9.17, 15) is 14.9 Å². The van der Waals surface area contributed by atoms with Gasteiger partial charge in [-0.15, -0.1) is 0 Å². The van der Waals surface area contributed by atoms with Crippen LogP contribution in [0.25, 0.3) is 0 Å². The molecule has 0 N–H and O–H groups in total. The Morgan fingerprint density at radius 2 is 1.96 bits per heavy atom. The van der Waals surface area contributed by atoms with Gasteiger partial charge in [0.15, 0.2) is 0 Å². The fourth-order valence-electron chi connectivity index (χ4n) is 3.50. The smallest absolute Gasteiger partial charge is 0.270 e. The molecule has 0 fully saturated rings. The molecule has 0 aliphatic carbocycles. The van der Waals surface area contributed by atoms with Crippen LogP contribution in [-0.4, -0.2) is 31.6 Å². The first-order valence-corrected chi connectivity index (χ1v) is 8.58. The summed E-state index contributed by atoms with van der Waals surface area (Å²) in [5.41, 5.74) is 1.23. The number of amides is 1. The van der Waals surface area contributed by atoms with Crippen molar-refractivity contribution in [2.45, 2.75) is 25.4 Å². The molecular weight excluding hydrogens is 346 g/mol. The molecule has 1 aliphatic rings. The van der Waals surface area contributed by atoms with Crippen molar-refractivity contribution in [3.63, 3.8) is 0 Å². The summed E-state index contributed by atoms with van der Waals surface area (Å²) >= 11 is 0. The number of rotatable bonds is 3. The molecule has 27 heavy (non-hydrogen) atoms. The molecule has 136 valence electrons. The summed E-state index contributed by atoms with van der Waals surface area (Å²) in [5, 5.41) is 15.4. The zero-order chi connectivity index (χ0) is 19.0. The van der Waals surface area contributed by atoms with Crippen molar-refractivity contribution in [2.24, 2.45) is 0 Å². The number of hydrogen-bond acceptors (Lipinski definition) is 5. The lowest BCUT2D eigenvalue weighted by molar-refractivity contribution is -0.384. The highest BCUT2D eigenvalue weighted by molar-refractivity contribution is 6.06. The van der Waals surface area contributed by atoms with Gasteiger partial charge >= 0.3 is 0 Å². The summed E-state index contributed by atoms with van der Waals surface area (Å²) in [4.78, 5) is 29.5. The van der Waals surface area contributed by atoms with Gasteiger partial charge in [0.25, 0.3) is 11.6 Å². The van der Waals surface area contributed by atoms with E-state index >= 15 is 0 Å². The van der Waals surface area contributed by atoms with Crippen molar-refractivity contribution in [2.75, 3.05) is 4.90 Å². The zero-order valence-electron chi connectivity index (χ0n) is 14.6. The van der Waals surface area contributed by atoms with E-state index in [2.05, 4.69) is 10.1 Å². The first-order valence-electron chi connectivity index (χ1n) is 8.58. The molecule has 4 rings (SSSR count). The number of nitro benzene ring substituents is 1. The van der Waals surface area contributed by atoms with Crippen LogP contribution in [0.5, 0.6) is 0 Å². The van der Waals surface area contributed by atoms with Gasteiger partial charge in [-0.2, -0.15) is 10.1 Å². The highest BCUT2D eigenvalue weighted by Gasteiger charge is 2.36. The Labute approximate surface area is 155 Å². The maximum absolute atomic E-state index is 13.1. The summed E-state index contributed by atoms with van der Waals surface area (Å²) in [6, 6.07) is 15.5. The van der Waals surface area contributed by atoms with Crippen molar-refractivity contribution in [3.8, 4) is 0 Å². The van der Waals surface area contributed by atoms with E-state index < -0.39 is 4.92 Å². The van der Waals surface area contributed by atoms with E-state index in [1.54, 1.807) is 15.6 Å². The van der Waals surface area contributed by atoms with Gasteiger partial charge in [-0.25, -0.2) is 4.68 Å². The number of carbonyl (C=O) groups is 1. The van der Waals surface area contributed by atoms with Gasteiger partial charge in [-0.1, -0.05) is 36.4 Å². The highest BCUT2D eigenvalue weighted by atomic mass is 16.6. The Kier molecular flexibility index (Phi) is 4.15. The van der Waals surface area contributed by atoms with E-state index in [0.717, 1.165) is 5.56 Å². The van der Waals surface area contributed by atoms with Crippen LogP contribution in [-0.2, 0) is 0 Å². The summed E-state index contributed by atoms with van der Waals surface area (Å²) in [5.74, 6) is 0.117. The number of benzene rings is 2. The first-order chi connectivity index (χ1) is 13.1. The van der Waals surface area contributed by atoms with Crippen LogP contribution in [0.4, 0.5) is 11.6 Å².